The van der Waals surface area contributed by atoms with E-state index < -0.39 is 10.0 Å². The molecule has 0 heterocycles. The van der Waals surface area contributed by atoms with Crippen molar-refractivity contribution in [3.05, 3.63) is 23.3 Å². The van der Waals surface area contributed by atoms with Crippen LogP contribution in [0.25, 0.3) is 0 Å². The second-order valence-corrected chi connectivity index (χ2v) is 7.65. The topological polar surface area (TPSA) is 72.2 Å². The van der Waals surface area contributed by atoms with E-state index in [2.05, 4.69) is 11.6 Å². The second-order valence-electron chi connectivity index (χ2n) is 6.00. The maximum absolute atomic E-state index is 12.6. The highest BCUT2D eigenvalue weighted by Gasteiger charge is 2.26. The molecule has 1 aliphatic carbocycles. The lowest BCUT2D eigenvalue weighted by Gasteiger charge is -2.27. The number of aryl methyl sites for hydroxylation is 1. The van der Waals surface area contributed by atoms with Gasteiger partial charge in [0.25, 0.3) is 0 Å². The van der Waals surface area contributed by atoms with Gasteiger partial charge in [0.15, 0.2) is 0 Å². The third kappa shape index (κ3) is 3.15. The number of nitrogens with one attached hydrogen (secondary N) is 1. The summed E-state index contributed by atoms with van der Waals surface area (Å²) in [7, 11) is -3.49. The molecule has 0 atom stereocenters. The predicted octanol–water partition coefficient (Wildman–Crippen LogP) is 2.74. The van der Waals surface area contributed by atoms with Crippen LogP contribution in [0.2, 0.25) is 0 Å². The van der Waals surface area contributed by atoms with Gasteiger partial charge >= 0.3 is 0 Å². The average molecular weight is 296 g/mol. The lowest BCUT2D eigenvalue weighted by molar-refractivity contribution is 0.332. The lowest BCUT2D eigenvalue weighted by Crippen LogP contribution is -2.38. The van der Waals surface area contributed by atoms with Crippen molar-refractivity contribution in [2.45, 2.75) is 57.4 Å². The van der Waals surface area contributed by atoms with E-state index in [4.69, 9.17) is 5.73 Å². The first-order valence-electron chi connectivity index (χ1n) is 7.19. The van der Waals surface area contributed by atoms with E-state index in [1.807, 2.05) is 6.92 Å². The van der Waals surface area contributed by atoms with Gasteiger partial charge in [-0.2, -0.15) is 0 Å². The van der Waals surface area contributed by atoms with Crippen LogP contribution in [0, 0.1) is 19.8 Å². The largest absolute Gasteiger partial charge is 0.398 e. The summed E-state index contributed by atoms with van der Waals surface area (Å²) in [6, 6.07) is 3.57. The zero-order valence-electron chi connectivity index (χ0n) is 12.4. The summed E-state index contributed by atoms with van der Waals surface area (Å²) < 4.78 is 28.1. The van der Waals surface area contributed by atoms with Gasteiger partial charge in [-0.05, 0) is 62.6 Å². The van der Waals surface area contributed by atoms with Gasteiger partial charge in [-0.3, -0.25) is 0 Å². The molecule has 0 saturated heterocycles. The van der Waals surface area contributed by atoms with Gasteiger partial charge in [0.1, 0.15) is 0 Å². The first-order valence-corrected chi connectivity index (χ1v) is 8.67. The zero-order valence-corrected chi connectivity index (χ0v) is 13.3. The van der Waals surface area contributed by atoms with Crippen molar-refractivity contribution in [1.29, 1.82) is 0 Å². The number of hydrogen-bond donors (Lipinski definition) is 2. The molecule has 1 aliphatic rings. The van der Waals surface area contributed by atoms with Crippen LogP contribution in [0.15, 0.2) is 17.0 Å². The van der Waals surface area contributed by atoms with Gasteiger partial charge in [-0.1, -0.05) is 13.0 Å². The predicted molar refractivity (Wildman–Crippen MR) is 82.1 cm³/mol. The van der Waals surface area contributed by atoms with Crippen molar-refractivity contribution in [2.24, 2.45) is 5.92 Å². The minimum Gasteiger partial charge on any atom is -0.398 e. The van der Waals surface area contributed by atoms with Crippen LogP contribution >= 0.6 is 0 Å². The number of sulfonamides is 1. The molecule has 0 spiro atoms. The first kappa shape index (κ1) is 15.3. The van der Waals surface area contributed by atoms with E-state index >= 15 is 0 Å². The zero-order chi connectivity index (χ0) is 14.9. The van der Waals surface area contributed by atoms with Gasteiger partial charge < -0.3 is 5.73 Å². The Morgan fingerprint density at radius 2 is 1.75 bits per heavy atom. The number of anilines is 1. The number of hydrogen-bond acceptors (Lipinski definition) is 3. The van der Waals surface area contributed by atoms with Crippen molar-refractivity contribution < 1.29 is 8.42 Å². The normalized spacial score (nSPS) is 23.8. The Hall–Kier alpha value is -1.07. The SMILES string of the molecule is Cc1ccc(N)c(C)c1S(=O)(=O)NC1CCC(C)CC1. The molecule has 0 amide bonds. The van der Waals surface area contributed by atoms with E-state index in [1.165, 1.54) is 0 Å². The molecule has 112 valence electrons. The second kappa shape index (κ2) is 5.74. The van der Waals surface area contributed by atoms with Crippen LogP contribution in [0.1, 0.15) is 43.7 Å². The summed E-state index contributed by atoms with van der Waals surface area (Å²) in [4.78, 5) is 0.344. The Labute approximate surface area is 121 Å². The molecule has 1 fully saturated rings. The molecule has 1 aromatic rings. The molecule has 1 saturated carbocycles. The van der Waals surface area contributed by atoms with Crippen molar-refractivity contribution >= 4 is 15.7 Å². The monoisotopic (exact) mass is 296 g/mol. The molecule has 0 radical (unpaired) electrons. The third-order valence-corrected chi connectivity index (χ3v) is 6.06. The summed E-state index contributed by atoms with van der Waals surface area (Å²) in [5, 5.41) is 0. The summed E-state index contributed by atoms with van der Waals surface area (Å²) in [5.41, 5.74) is 7.75. The smallest absolute Gasteiger partial charge is 0.241 e. The maximum atomic E-state index is 12.6. The third-order valence-electron chi connectivity index (χ3n) is 4.25. The van der Waals surface area contributed by atoms with Crippen LogP contribution in [-0.4, -0.2) is 14.5 Å². The van der Waals surface area contributed by atoms with Crippen LogP contribution in [-0.2, 0) is 10.0 Å². The highest BCUT2D eigenvalue weighted by atomic mass is 32.2. The number of rotatable bonds is 3. The fourth-order valence-corrected chi connectivity index (χ4v) is 4.72. The van der Waals surface area contributed by atoms with Crippen molar-refractivity contribution in [1.82, 2.24) is 4.72 Å². The minimum absolute atomic E-state index is 0.0523. The molecule has 0 aliphatic heterocycles. The molecule has 3 N–H and O–H groups in total. The summed E-state index contributed by atoms with van der Waals surface area (Å²) in [6.07, 6.45) is 4.01. The van der Waals surface area contributed by atoms with Gasteiger partial charge in [0.05, 0.1) is 4.90 Å². The Balaban J connectivity index is 2.25. The van der Waals surface area contributed by atoms with Crippen LogP contribution < -0.4 is 10.5 Å². The quantitative estimate of drug-likeness (QED) is 0.842. The molecule has 1 aromatic carbocycles. The Morgan fingerprint density at radius 3 is 2.35 bits per heavy atom. The number of benzene rings is 1. The fourth-order valence-electron chi connectivity index (χ4n) is 2.91. The molecular weight excluding hydrogens is 272 g/mol. The van der Waals surface area contributed by atoms with E-state index in [1.54, 1.807) is 19.1 Å². The van der Waals surface area contributed by atoms with Crippen LogP contribution in [0.3, 0.4) is 0 Å². The van der Waals surface area contributed by atoms with E-state index in [0.717, 1.165) is 31.2 Å². The maximum Gasteiger partial charge on any atom is 0.241 e. The molecular formula is C15H24N2O2S. The van der Waals surface area contributed by atoms with Crippen molar-refractivity contribution in [3.8, 4) is 0 Å². The minimum atomic E-state index is -3.49. The van der Waals surface area contributed by atoms with E-state index in [9.17, 15) is 8.42 Å². The molecule has 2 rings (SSSR count). The average Bonchev–Trinajstić information content (AvgIpc) is 2.37. The van der Waals surface area contributed by atoms with Crippen LogP contribution in [0.4, 0.5) is 5.69 Å². The molecule has 0 bridgehead atoms. The Bertz CT molecular complexity index is 588. The molecule has 20 heavy (non-hydrogen) atoms. The van der Waals surface area contributed by atoms with Crippen LogP contribution in [0.5, 0.6) is 0 Å². The highest BCUT2D eigenvalue weighted by molar-refractivity contribution is 7.89. The van der Waals surface area contributed by atoms with E-state index in [0.29, 0.717) is 22.1 Å². The van der Waals surface area contributed by atoms with Crippen molar-refractivity contribution in [3.63, 3.8) is 0 Å². The number of nitrogen functional groups attached to an aromatic ring is 1. The molecule has 0 aromatic heterocycles. The first-order chi connectivity index (χ1) is 9.31. The van der Waals surface area contributed by atoms with Crippen molar-refractivity contribution in [2.75, 3.05) is 5.73 Å². The van der Waals surface area contributed by atoms with E-state index in [-0.39, 0.29) is 6.04 Å². The Morgan fingerprint density at radius 1 is 1.15 bits per heavy atom. The lowest BCUT2D eigenvalue weighted by atomic mass is 9.88. The fraction of sp³-hybridized carbons (Fsp3) is 0.600. The standard InChI is InChI=1S/C15H24N2O2S/c1-10-4-7-13(8-5-10)17-20(18,19)15-11(2)6-9-14(16)12(15)3/h6,9-10,13,17H,4-5,7-8,16H2,1-3H3. The molecule has 4 nitrogen and oxygen atoms in total. The summed E-state index contributed by atoms with van der Waals surface area (Å²) in [6.45, 7) is 5.79. The summed E-state index contributed by atoms with van der Waals surface area (Å²) >= 11 is 0. The Kier molecular flexibility index (Phi) is 4.39. The summed E-state index contributed by atoms with van der Waals surface area (Å²) in [5.74, 6) is 0.701. The molecule has 5 heteroatoms. The van der Waals surface area contributed by atoms with Gasteiger partial charge in [-0.25, -0.2) is 13.1 Å². The number of nitrogens with two attached hydrogens (primary N) is 1. The van der Waals surface area contributed by atoms with Gasteiger partial charge in [0, 0.05) is 11.7 Å². The highest BCUT2D eigenvalue weighted by Crippen LogP contribution is 2.28. The molecule has 0 unspecified atom stereocenters. The van der Waals surface area contributed by atoms with Gasteiger partial charge in [-0.15, -0.1) is 0 Å². The van der Waals surface area contributed by atoms with Gasteiger partial charge in [0.2, 0.25) is 10.0 Å².